The summed E-state index contributed by atoms with van der Waals surface area (Å²) in [6.45, 7) is 3.60. The Kier molecular flexibility index (Phi) is 6.48. The molecule has 2 aromatic carbocycles. The molecule has 0 unspecified atom stereocenters. The van der Waals surface area contributed by atoms with Crippen LogP contribution in [-0.4, -0.2) is 46.0 Å². The summed E-state index contributed by atoms with van der Waals surface area (Å²) in [7, 11) is 1.74. The van der Waals surface area contributed by atoms with Crippen molar-refractivity contribution in [1.29, 1.82) is 0 Å². The van der Waals surface area contributed by atoms with E-state index in [-0.39, 0.29) is 23.3 Å². The lowest BCUT2D eigenvalue weighted by molar-refractivity contribution is -0.139. The second-order valence-corrected chi connectivity index (χ2v) is 7.84. The van der Waals surface area contributed by atoms with Gasteiger partial charge in [0, 0.05) is 18.8 Å². The molecule has 0 aliphatic heterocycles. The van der Waals surface area contributed by atoms with Gasteiger partial charge in [0.05, 0.1) is 5.56 Å². The molecule has 8 nitrogen and oxygen atoms in total. The van der Waals surface area contributed by atoms with Crippen molar-refractivity contribution in [2.75, 3.05) is 12.4 Å². The number of benzene rings is 2. The molecule has 0 saturated heterocycles. The van der Waals surface area contributed by atoms with Gasteiger partial charge in [-0.2, -0.15) is 0 Å². The van der Waals surface area contributed by atoms with Crippen molar-refractivity contribution in [3.05, 3.63) is 47.0 Å². The number of carboxylic acid groups (broad SMARTS) is 1. The maximum atomic E-state index is 12.8. The quantitative estimate of drug-likeness (QED) is 0.579. The maximum absolute atomic E-state index is 12.8. The van der Waals surface area contributed by atoms with Gasteiger partial charge in [0.2, 0.25) is 5.91 Å². The number of phenols is 1. The molecule has 2 amide bonds. The minimum absolute atomic E-state index is 0.103. The Morgan fingerprint density at radius 3 is 2.32 bits per heavy atom. The number of anilines is 1. The highest BCUT2D eigenvalue weighted by Gasteiger charge is 2.28. The normalized spacial score (nSPS) is 13.3. The van der Waals surface area contributed by atoms with Crippen LogP contribution in [0.25, 0.3) is 0 Å². The van der Waals surface area contributed by atoms with Gasteiger partial charge < -0.3 is 25.2 Å². The first-order chi connectivity index (χ1) is 14.7. The third-order valence-electron chi connectivity index (χ3n) is 5.42. The van der Waals surface area contributed by atoms with Crippen LogP contribution in [0.15, 0.2) is 30.3 Å². The summed E-state index contributed by atoms with van der Waals surface area (Å²) >= 11 is 0. The number of rotatable bonds is 7. The lowest BCUT2D eigenvalue weighted by atomic mass is 9.91. The van der Waals surface area contributed by atoms with Crippen LogP contribution < -0.4 is 10.1 Å². The molecule has 3 N–H and O–H groups in total. The second-order valence-electron chi connectivity index (χ2n) is 7.84. The van der Waals surface area contributed by atoms with E-state index < -0.39 is 18.3 Å². The number of amides is 2. The van der Waals surface area contributed by atoms with Gasteiger partial charge in [0.15, 0.2) is 0 Å². The van der Waals surface area contributed by atoms with E-state index in [2.05, 4.69) is 5.32 Å². The van der Waals surface area contributed by atoms with Crippen LogP contribution in [0.2, 0.25) is 0 Å². The predicted molar refractivity (Wildman–Crippen MR) is 115 cm³/mol. The highest BCUT2D eigenvalue weighted by atomic mass is 16.5. The molecule has 0 bridgehead atoms. The Hall–Kier alpha value is -3.55. The van der Waals surface area contributed by atoms with Gasteiger partial charge in [-0.1, -0.05) is 0 Å². The smallest absolute Gasteiger partial charge is 0.312 e. The molecule has 2 aromatic rings. The molecular formula is C23H26N2O6. The number of aryl methyl sites for hydroxylation is 2. The Balaban J connectivity index is 1.80. The Labute approximate surface area is 180 Å². The van der Waals surface area contributed by atoms with E-state index in [4.69, 9.17) is 9.84 Å². The number of aliphatic carboxylic acids is 1. The van der Waals surface area contributed by atoms with Crippen molar-refractivity contribution in [3.63, 3.8) is 0 Å². The molecule has 1 aliphatic rings. The molecule has 0 aromatic heterocycles. The first kappa shape index (κ1) is 22.1. The van der Waals surface area contributed by atoms with E-state index in [0.717, 1.165) is 30.4 Å². The standard InChI is InChI=1S/C23H26N2O6/c1-13-9-15(24-20(27)12-21(28)29)10-14(2)22(13)31-17-7-8-19(26)18(11-17)23(30)25(3)16-5-4-6-16/h7-11,16,26H,4-6,12H2,1-3H3,(H,24,27)(H,28,29). The van der Waals surface area contributed by atoms with Crippen molar-refractivity contribution in [2.45, 2.75) is 45.6 Å². The monoisotopic (exact) mass is 426 g/mol. The van der Waals surface area contributed by atoms with Crippen LogP contribution in [-0.2, 0) is 9.59 Å². The summed E-state index contributed by atoms with van der Waals surface area (Å²) in [6, 6.07) is 8.09. The van der Waals surface area contributed by atoms with Crippen molar-refractivity contribution >= 4 is 23.5 Å². The van der Waals surface area contributed by atoms with Gasteiger partial charge in [0.25, 0.3) is 5.91 Å². The molecule has 0 spiro atoms. The maximum Gasteiger partial charge on any atom is 0.312 e. The number of ether oxygens (including phenoxy) is 1. The number of carbonyl (C=O) groups excluding carboxylic acids is 2. The van der Waals surface area contributed by atoms with Gasteiger partial charge in [0.1, 0.15) is 23.7 Å². The third kappa shape index (κ3) is 5.14. The molecule has 0 heterocycles. The van der Waals surface area contributed by atoms with E-state index in [1.165, 1.54) is 12.1 Å². The summed E-state index contributed by atoms with van der Waals surface area (Å²) in [5, 5.41) is 21.5. The summed E-state index contributed by atoms with van der Waals surface area (Å²) in [5.41, 5.74) is 2.09. The van der Waals surface area contributed by atoms with Crippen LogP contribution in [0.1, 0.15) is 47.2 Å². The van der Waals surface area contributed by atoms with Crippen LogP contribution in [0.5, 0.6) is 17.2 Å². The van der Waals surface area contributed by atoms with E-state index in [0.29, 0.717) is 17.2 Å². The topological polar surface area (TPSA) is 116 Å². The van der Waals surface area contributed by atoms with E-state index in [1.54, 1.807) is 44.0 Å². The van der Waals surface area contributed by atoms with Gasteiger partial charge in [-0.25, -0.2) is 0 Å². The first-order valence-corrected chi connectivity index (χ1v) is 10.1. The lowest BCUT2D eigenvalue weighted by Gasteiger charge is -2.34. The number of carboxylic acids is 1. The van der Waals surface area contributed by atoms with Crippen LogP contribution in [0, 0.1) is 13.8 Å². The molecule has 31 heavy (non-hydrogen) atoms. The highest BCUT2D eigenvalue weighted by molar-refractivity contribution is 6.01. The summed E-state index contributed by atoms with van der Waals surface area (Å²) in [5.74, 6) is -1.22. The second kappa shape index (κ2) is 9.07. The number of carbonyl (C=O) groups is 3. The molecular weight excluding hydrogens is 400 g/mol. The zero-order chi connectivity index (χ0) is 22.7. The summed E-state index contributed by atoms with van der Waals surface area (Å²) in [4.78, 5) is 36.8. The number of hydrogen-bond donors (Lipinski definition) is 3. The van der Waals surface area contributed by atoms with Crippen LogP contribution in [0.4, 0.5) is 5.69 Å². The van der Waals surface area contributed by atoms with Gasteiger partial charge >= 0.3 is 5.97 Å². The Morgan fingerprint density at radius 2 is 1.77 bits per heavy atom. The van der Waals surface area contributed by atoms with Crippen molar-refractivity contribution < 1.29 is 29.3 Å². The zero-order valence-electron chi connectivity index (χ0n) is 17.8. The molecule has 1 aliphatic carbocycles. The lowest BCUT2D eigenvalue weighted by Crippen LogP contribution is -2.41. The SMILES string of the molecule is Cc1cc(NC(=O)CC(=O)O)cc(C)c1Oc1ccc(O)c(C(=O)N(C)C2CCC2)c1. The van der Waals surface area contributed by atoms with E-state index >= 15 is 0 Å². The highest BCUT2D eigenvalue weighted by Crippen LogP contribution is 2.34. The largest absolute Gasteiger partial charge is 0.507 e. The van der Waals surface area contributed by atoms with E-state index in [9.17, 15) is 19.5 Å². The Bertz CT molecular complexity index is 1010. The average Bonchev–Trinajstić information content (AvgIpc) is 2.63. The van der Waals surface area contributed by atoms with Crippen molar-refractivity contribution in [3.8, 4) is 17.2 Å². The molecule has 0 radical (unpaired) electrons. The number of aromatic hydroxyl groups is 1. The van der Waals surface area contributed by atoms with Gasteiger partial charge in [-0.3, -0.25) is 14.4 Å². The van der Waals surface area contributed by atoms with Gasteiger partial charge in [-0.15, -0.1) is 0 Å². The predicted octanol–water partition coefficient (Wildman–Crippen LogP) is 3.84. The Morgan fingerprint density at radius 1 is 1.13 bits per heavy atom. The number of nitrogens with one attached hydrogen (secondary N) is 1. The number of phenolic OH excluding ortho intramolecular Hbond substituents is 1. The average molecular weight is 426 g/mol. The molecule has 8 heteroatoms. The molecule has 0 atom stereocenters. The molecule has 1 fully saturated rings. The molecule has 164 valence electrons. The minimum Gasteiger partial charge on any atom is -0.507 e. The molecule has 3 rings (SSSR count). The fraction of sp³-hybridized carbons (Fsp3) is 0.348. The minimum atomic E-state index is -1.20. The first-order valence-electron chi connectivity index (χ1n) is 10.1. The van der Waals surface area contributed by atoms with Crippen LogP contribution in [0.3, 0.4) is 0 Å². The number of hydrogen-bond acceptors (Lipinski definition) is 5. The fourth-order valence-electron chi connectivity index (χ4n) is 3.52. The molecule has 1 saturated carbocycles. The summed E-state index contributed by atoms with van der Waals surface area (Å²) in [6.07, 6.45) is 2.42. The van der Waals surface area contributed by atoms with Gasteiger partial charge in [-0.05, 0) is 74.6 Å². The van der Waals surface area contributed by atoms with E-state index in [1.807, 2.05) is 0 Å². The third-order valence-corrected chi connectivity index (χ3v) is 5.42. The zero-order valence-corrected chi connectivity index (χ0v) is 17.8. The van der Waals surface area contributed by atoms with Crippen molar-refractivity contribution in [2.24, 2.45) is 0 Å². The van der Waals surface area contributed by atoms with Crippen molar-refractivity contribution in [1.82, 2.24) is 4.90 Å². The summed E-state index contributed by atoms with van der Waals surface area (Å²) < 4.78 is 6.00. The fourth-order valence-corrected chi connectivity index (χ4v) is 3.52. The number of nitrogens with zero attached hydrogens (tertiary/aromatic N) is 1. The van der Waals surface area contributed by atoms with Crippen LogP contribution >= 0.6 is 0 Å².